The summed E-state index contributed by atoms with van der Waals surface area (Å²) in [5.74, 6) is -0.174. The third kappa shape index (κ3) is 3.95. The van der Waals surface area contributed by atoms with Gasteiger partial charge in [0.2, 0.25) is 0 Å². The highest BCUT2D eigenvalue weighted by Crippen LogP contribution is 2.29. The maximum absolute atomic E-state index is 13.0. The SMILES string of the molecule is O=C(NCC(c1ccco1)S(=O)(=O)c1ccc(Cl)cc1)c1cccnc1. The topological polar surface area (TPSA) is 89.3 Å². The van der Waals surface area contributed by atoms with Gasteiger partial charge in [-0.15, -0.1) is 0 Å². The largest absolute Gasteiger partial charge is 0.468 e. The lowest BCUT2D eigenvalue weighted by molar-refractivity contribution is 0.0953. The Morgan fingerprint density at radius 3 is 2.54 bits per heavy atom. The zero-order valence-corrected chi connectivity index (χ0v) is 15.1. The average Bonchev–Trinajstić information content (AvgIpc) is 3.17. The van der Waals surface area contributed by atoms with E-state index in [1.807, 2.05) is 0 Å². The van der Waals surface area contributed by atoms with Gasteiger partial charge in [0.1, 0.15) is 11.0 Å². The molecule has 1 N–H and O–H groups in total. The molecule has 2 aromatic heterocycles. The van der Waals surface area contributed by atoms with Crippen LogP contribution >= 0.6 is 11.6 Å². The Balaban J connectivity index is 1.86. The maximum atomic E-state index is 13.0. The Morgan fingerprint density at radius 1 is 1.15 bits per heavy atom. The molecular weight excluding hydrogens is 376 g/mol. The quantitative estimate of drug-likeness (QED) is 0.697. The van der Waals surface area contributed by atoms with Crippen LogP contribution in [0.15, 0.2) is 76.5 Å². The zero-order chi connectivity index (χ0) is 18.6. The number of pyridine rings is 1. The second-order valence-corrected chi connectivity index (χ2v) is 8.02. The van der Waals surface area contributed by atoms with Crippen LogP contribution in [0.4, 0.5) is 0 Å². The highest BCUT2D eigenvalue weighted by atomic mass is 35.5. The third-order valence-electron chi connectivity index (χ3n) is 3.75. The van der Waals surface area contributed by atoms with E-state index in [1.54, 1.807) is 30.5 Å². The molecule has 1 atom stereocenters. The van der Waals surface area contributed by atoms with Gasteiger partial charge < -0.3 is 9.73 Å². The molecule has 3 aromatic rings. The molecule has 0 fully saturated rings. The Labute approximate surface area is 155 Å². The van der Waals surface area contributed by atoms with Crippen molar-refractivity contribution < 1.29 is 17.6 Å². The van der Waals surface area contributed by atoms with Crippen molar-refractivity contribution in [1.29, 1.82) is 0 Å². The highest BCUT2D eigenvalue weighted by Gasteiger charge is 2.32. The van der Waals surface area contributed by atoms with Gasteiger partial charge in [0, 0.05) is 24.0 Å². The summed E-state index contributed by atoms with van der Waals surface area (Å²) in [7, 11) is -3.80. The van der Waals surface area contributed by atoms with E-state index in [4.69, 9.17) is 16.0 Å². The van der Waals surface area contributed by atoms with Gasteiger partial charge in [0.15, 0.2) is 9.84 Å². The van der Waals surface area contributed by atoms with E-state index in [0.29, 0.717) is 10.6 Å². The van der Waals surface area contributed by atoms with E-state index >= 15 is 0 Å². The van der Waals surface area contributed by atoms with E-state index in [2.05, 4.69) is 10.3 Å². The number of hydrogen-bond donors (Lipinski definition) is 1. The minimum Gasteiger partial charge on any atom is -0.468 e. The Hall–Kier alpha value is -2.64. The van der Waals surface area contributed by atoms with Crippen molar-refractivity contribution in [3.8, 4) is 0 Å². The van der Waals surface area contributed by atoms with E-state index in [0.717, 1.165) is 0 Å². The lowest BCUT2D eigenvalue weighted by Gasteiger charge is -2.16. The summed E-state index contributed by atoms with van der Waals surface area (Å²) < 4.78 is 31.3. The van der Waals surface area contributed by atoms with Gasteiger partial charge in [-0.2, -0.15) is 0 Å². The van der Waals surface area contributed by atoms with Crippen LogP contribution < -0.4 is 5.32 Å². The van der Waals surface area contributed by atoms with Crippen molar-refractivity contribution in [3.63, 3.8) is 0 Å². The van der Waals surface area contributed by atoms with Crippen LogP contribution in [0.25, 0.3) is 0 Å². The molecule has 1 unspecified atom stereocenters. The number of nitrogens with one attached hydrogen (secondary N) is 1. The van der Waals surface area contributed by atoms with Crippen LogP contribution in [0.2, 0.25) is 5.02 Å². The fraction of sp³-hybridized carbons (Fsp3) is 0.111. The molecule has 0 aliphatic rings. The minimum absolute atomic E-state index is 0.0962. The summed E-state index contributed by atoms with van der Waals surface area (Å²) in [6.07, 6.45) is 4.35. The number of halogens is 1. The smallest absolute Gasteiger partial charge is 0.252 e. The monoisotopic (exact) mass is 390 g/mol. The van der Waals surface area contributed by atoms with E-state index < -0.39 is 21.0 Å². The Morgan fingerprint density at radius 2 is 1.92 bits per heavy atom. The normalized spacial score (nSPS) is 12.5. The predicted octanol–water partition coefficient (Wildman–Crippen LogP) is 3.27. The molecule has 0 saturated carbocycles. The number of rotatable bonds is 6. The van der Waals surface area contributed by atoms with E-state index in [-0.39, 0.29) is 17.2 Å². The zero-order valence-electron chi connectivity index (χ0n) is 13.5. The first kappa shape index (κ1) is 18.2. The fourth-order valence-corrected chi connectivity index (χ4v) is 4.12. The molecule has 3 rings (SSSR count). The number of furan rings is 1. The molecule has 0 radical (unpaired) electrons. The average molecular weight is 391 g/mol. The first-order valence-corrected chi connectivity index (χ1v) is 9.62. The molecular formula is C18H15ClN2O4S. The van der Waals surface area contributed by atoms with Crippen molar-refractivity contribution >= 4 is 27.3 Å². The van der Waals surface area contributed by atoms with Crippen LogP contribution in [0.1, 0.15) is 21.4 Å². The summed E-state index contributed by atoms with van der Waals surface area (Å²) in [5.41, 5.74) is 0.342. The number of sulfone groups is 1. The highest BCUT2D eigenvalue weighted by molar-refractivity contribution is 7.91. The first-order chi connectivity index (χ1) is 12.5. The van der Waals surface area contributed by atoms with Crippen molar-refractivity contribution in [2.45, 2.75) is 10.1 Å². The molecule has 0 aliphatic heterocycles. The molecule has 0 spiro atoms. The molecule has 1 amide bonds. The van der Waals surface area contributed by atoms with E-state index in [9.17, 15) is 13.2 Å². The maximum Gasteiger partial charge on any atom is 0.252 e. The van der Waals surface area contributed by atoms with Gasteiger partial charge in [-0.25, -0.2) is 8.42 Å². The van der Waals surface area contributed by atoms with Crippen LogP contribution in [-0.4, -0.2) is 25.9 Å². The Kier molecular flexibility index (Phi) is 5.39. The summed E-state index contributed by atoms with van der Waals surface area (Å²) in [4.78, 5) is 16.2. The van der Waals surface area contributed by atoms with Gasteiger partial charge in [-0.1, -0.05) is 11.6 Å². The van der Waals surface area contributed by atoms with Gasteiger partial charge in [0.25, 0.3) is 5.91 Å². The molecule has 0 saturated heterocycles. The van der Waals surface area contributed by atoms with E-state index in [1.165, 1.54) is 36.7 Å². The predicted molar refractivity (Wildman–Crippen MR) is 96.7 cm³/mol. The summed E-state index contributed by atoms with van der Waals surface area (Å²) in [6, 6.07) is 12.2. The first-order valence-electron chi connectivity index (χ1n) is 7.69. The number of nitrogens with zero attached hydrogens (tertiary/aromatic N) is 1. The number of amides is 1. The number of hydrogen-bond acceptors (Lipinski definition) is 5. The number of carbonyl (C=O) groups is 1. The Bertz CT molecular complexity index is 972. The molecule has 26 heavy (non-hydrogen) atoms. The van der Waals surface area contributed by atoms with Crippen molar-refractivity contribution in [1.82, 2.24) is 10.3 Å². The van der Waals surface area contributed by atoms with Gasteiger partial charge in [-0.3, -0.25) is 9.78 Å². The fourth-order valence-electron chi connectivity index (χ4n) is 2.41. The molecule has 6 nitrogen and oxygen atoms in total. The second kappa shape index (κ2) is 7.72. The molecule has 0 aliphatic carbocycles. The third-order valence-corrected chi connectivity index (χ3v) is 6.08. The summed E-state index contributed by atoms with van der Waals surface area (Å²) in [5, 5.41) is 1.99. The van der Waals surface area contributed by atoms with Crippen LogP contribution in [-0.2, 0) is 9.84 Å². The van der Waals surface area contributed by atoms with Gasteiger partial charge in [0.05, 0.1) is 16.7 Å². The van der Waals surface area contributed by atoms with Gasteiger partial charge in [-0.05, 0) is 48.5 Å². The number of aromatic nitrogens is 1. The van der Waals surface area contributed by atoms with Gasteiger partial charge >= 0.3 is 0 Å². The lowest BCUT2D eigenvalue weighted by atomic mass is 10.2. The molecule has 1 aromatic carbocycles. The molecule has 0 bridgehead atoms. The molecule has 134 valence electrons. The van der Waals surface area contributed by atoms with Crippen molar-refractivity contribution in [2.75, 3.05) is 6.54 Å². The number of carbonyl (C=O) groups excluding carboxylic acids is 1. The standard InChI is InChI=1S/C18H15ClN2O4S/c19-14-5-7-15(8-6-14)26(23,24)17(16-4-2-10-25-16)12-21-18(22)13-3-1-9-20-11-13/h1-11,17H,12H2,(H,21,22). The second-order valence-electron chi connectivity index (χ2n) is 5.45. The molecule has 8 heteroatoms. The van der Waals surface area contributed by atoms with Crippen LogP contribution in [0.3, 0.4) is 0 Å². The van der Waals surface area contributed by atoms with Crippen LogP contribution in [0, 0.1) is 0 Å². The van der Waals surface area contributed by atoms with Crippen LogP contribution in [0.5, 0.6) is 0 Å². The lowest BCUT2D eigenvalue weighted by Crippen LogP contribution is -2.31. The minimum atomic E-state index is -3.80. The van der Waals surface area contributed by atoms with Crippen molar-refractivity contribution in [3.05, 3.63) is 83.5 Å². The molecule has 2 heterocycles. The summed E-state index contributed by atoms with van der Waals surface area (Å²) >= 11 is 5.84. The summed E-state index contributed by atoms with van der Waals surface area (Å²) in [6.45, 7) is -0.147. The van der Waals surface area contributed by atoms with Crippen molar-refractivity contribution in [2.24, 2.45) is 0 Å². The number of benzene rings is 1.